The standard InChI is InChI=1S/C12H15BrO2.C12H17BrO/c1-2-15-12(14)8-4-6-10-5-3-7-11(13)9-10;1-12(2,14)8-4-6-10-5-3-7-11(13)9-10/h3,5,7,9H,2,4,6,8H2,1H3;3,5,7,9,14H,4,6,8H2,1-2H3. The lowest BCUT2D eigenvalue weighted by atomic mass is 9.99. The minimum atomic E-state index is -0.536. The van der Waals surface area contributed by atoms with E-state index < -0.39 is 5.60 Å². The predicted octanol–water partition coefficient (Wildman–Crippen LogP) is 6.88. The summed E-state index contributed by atoms with van der Waals surface area (Å²) >= 11 is 6.86. The number of rotatable bonds is 9. The lowest BCUT2D eigenvalue weighted by Crippen LogP contribution is -2.18. The summed E-state index contributed by atoms with van der Waals surface area (Å²) in [6.45, 7) is 6.00. The zero-order valence-electron chi connectivity index (χ0n) is 17.6. The molecule has 0 aliphatic heterocycles. The second-order valence-corrected chi connectivity index (χ2v) is 9.42. The summed E-state index contributed by atoms with van der Waals surface area (Å²) in [6, 6.07) is 16.5. The third-order valence-corrected chi connectivity index (χ3v) is 5.17. The van der Waals surface area contributed by atoms with Gasteiger partial charge >= 0.3 is 5.97 Å². The van der Waals surface area contributed by atoms with Crippen LogP contribution in [0.4, 0.5) is 0 Å². The molecule has 0 saturated carbocycles. The number of aliphatic hydroxyl groups is 1. The van der Waals surface area contributed by atoms with Crippen LogP contribution >= 0.6 is 31.9 Å². The smallest absolute Gasteiger partial charge is 0.305 e. The number of benzene rings is 2. The Hall–Kier alpha value is -1.17. The monoisotopic (exact) mass is 526 g/mol. The number of hydrogen-bond acceptors (Lipinski definition) is 3. The number of carbonyl (C=O) groups is 1. The Labute approximate surface area is 192 Å². The molecule has 0 aliphatic carbocycles. The molecule has 3 nitrogen and oxygen atoms in total. The molecular weight excluding hydrogens is 496 g/mol. The number of aryl methyl sites for hydroxylation is 2. The van der Waals surface area contributed by atoms with E-state index in [1.165, 1.54) is 11.1 Å². The van der Waals surface area contributed by atoms with Crippen LogP contribution in [0.15, 0.2) is 57.5 Å². The third kappa shape index (κ3) is 13.6. The van der Waals surface area contributed by atoms with E-state index >= 15 is 0 Å². The summed E-state index contributed by atoms with van der Waals surface area (Å²) in [7, 11) is 0. The average Bonchev–Trinajstić information content (AvgIpc) is 2.62. The third-order valence-electron chi connectivity index (χ3n) is 4.18. The summed E-state index contributed by atoms with van der Waals surface area (Å²) in [6.07, 6.45) is 5.16. The van der Waals surface area contributed by atoms with Gasteiger partial charge in [-0.2, -0.15) is 0 Å². The van der Waals surface area contributed by atoms with Crippen molar-refractivity contribution in [2.24, 2.45) is 0 Å². The number of ether oxygens (including phenoxy) is 1. The molecule has 29 heavy (non-hydrogen) atoms. The molecule has 0 amide bonds. The maximum Gasteiger partial charge on any atom is 0.305 e. The van der Waals surface area contributed by atoms with Crippen molar-refractivity contribution < 1.29 is 14.6 Å². The van der Waals surface area contributed by atoms with Crippen LogP contribution in [-0.2, 0) is 22.4 Å². The highest BCUT2D eigenvalue weighted by molar-refractivity contribution is 9.10. The minimum Gasteiger partial charge on any atom is -0.466 e. The normalized spacial score (nSPS) is 10.8. The molecule has 0 unspecified atom stereocenters. The summed E-state index contributed by atoms with van der Waals surface area (Å²) in [5.74, 6) is -0.104. The first kappa shape index (κ1) is 25.9. The lowest BCUT2D eigenvalue weighted by molar-refractivity contribution is -0.143. The number of hydrogen-bond donors (Lipinski definition) is 1. The van der Waals surface area contributed by atoms with Gasteiger partial charge in [0.25, 0.3) is 0 Å². The summed E-state index contributed by atoms with van der Waals surface area (Å²) in [4.78, 5) is 11.1. The highest BCUT2D eigenvalue weighted by Gasteiger charge is 2.11. The molecule has 0 bridgehead atoms. The molecule has 0 spiro atoms. The molecule has 0 saturated heterocycles. The Morgan fingerprint density at radius 2 is 1.48 bits per heavy atom. The quantitative estimate of drug-likeness (QED) is 0.361. The Morgan fingerprint density at radius 1 is 0.966 bits per heavy atom. The van der Waals surface area contributed by atoms with Crippen molar-refractivity contribution >= 4 is 37.8 Å². The van der Waals surface area contributed by atoms with E-state index in [0.717, 1.165) is 41.0 Å². The lowest BCUT2D eigenvalue weighted by Gasteiger charge is -2.16. The van der Waals surface area contributed by atoms with Crippen LogP contribution < -0.4 is 0 Å². The molecule has 0 heterocycles. The van der Waals surface area contributed by atoms with Crippen molar-refractivity contribution in [1.82, 2.24) is 0 Å². The fourth-order valence-corrected chi connectivity index (χ4v) is 3.67. The van der Waals surface area contributed by atoms with Crippen LogP contribution in [0.1, 0.15) is 57.6 Å². The van der Waals surface area contributed by atoms with Gasteiger partial charge in [0.1, 0.15) is 0 Å². The molecule has 0 fully saturated rings. The van der Waals surface area contributed by atoms with Crippen LogP contribution in [0.3, 0.4) is 0 Å². The van der Waals surface area contributed by atoms with Gasteiger partial charge in [0.15, 0.2) is 0 Å². The van der Waals surface area contributed by atoms with Gasteiger partial charge in [-0.3, -0.25) is 4.79 Å². The first-order valence-electron chi connectivity index (χ1n) is 10.1. The fraction of sp³-hybridized carbons (Fsp3) is 0.458. The first-order valence-corrected chi connectivity index (χ1v) is 11.6. The van der Waals surface area contributed by atoms with Crippen LogP contribution in [0, 0.1) is 0 Å². The molecule has 5 heteroatoms. The predicted molar refractivity (Wildman–Crippen MR) is 127 cm³/mol. The summed E-state index contributed by atoms with van der Waals surface area (Å²) in [5.41, 5.74) is 2.03. The molecule has 160 valence electrons. The summed E-state index contributed by atoms with van der Waals surface area (Å²) < 4.78 is 7.06. The van der Waals surface area contributed by atoms with Gasteiger partial charge in [-0.05, 0) is 88.3 Å². The van der Waals surface area contributed by atoms with Crippen molar-refractivity contribution in [2.75, 3.05) is 6.61 Å². The van der Waals surface area contributed by atoms with E-state index in [4.69, 9.17) is 4.74 Å². The second kappa shape index (κ2) is 13.9. The van der Waals surface area contributed by atoms with Crippen LogP contribution in [0.25, 0.3) is 0 Å². The maximum absolute atomic E-state index is 11.1. The molecule has 2 aromatic carbocycles. The largest absolute Gasteiger partial charge is 0.466 e. The van der Waals surface area contributed by atoms with Gasteiger partial charge in [0.2, 0.25) is 0 Å². The molecule has 0 atom stereocenters. The highest BCUT2D eigenvalue weighted by atomic mass is 79.9. The molecular formula is C24H32Br2O3. The number of halogens is 2. The highest BCUT2D eigenvalue weighted by Crippen LogP contribution is 2.17. The van der Waals surface area contributed by atoms with Crippen molar-refractivity contribution in [1.29, 1.82) is 0 Å². The van der Waals surface area contributed by atoms with Gasteiger partial charge in [-0.15, -0.1) is 0 Å². The average molecular weight is 528 g/mol. The van der Waals surface area contributed by atoms with E-state index in [2.05, 4.69) is 56.1 Å². The molecule has 2 aromatic rings. The molecule has 1 N–H and O–H groups in total. The Bertz CT molecular complexity index is 739. The Morgan fingerprint density at radius 3 is 1.93 bits per heavy atom. The van der Waals surface area contributed by atoms with Gasteiger partial charge in [-0.25, -0.2) is 0 Å². The molecule has 0 aromatic heterocycles. The van der Waals surface area contributed by atoms with Gasteiger partial charge < -0.3 is 9.84 Å². The summed E-state index contributed by atoms with van der Waals surface area (Å²) in [5, 5.41) is 9.54. The van der Waals surface area contributed by atoms with Crippen LogP contribution in [0.2, 0.25) is 0 Å². The van der Waals surface area contributed by atoms with E-state index in [1.54, 1.807) is 0 Å². The van der Waals surface area contributed by atoms with Gasteiger partial charge in [-0.1, -0.05) is 56.1 Å². The Balaban J connectivity index is 0.000000291. The minimum absolute atomic E-state index is 0.104. The first-order chi connectivity index (χ1) is 13.7. The van der Waals surface area contributed by atoms with Gasteiger partial charge in [0.05, 0.1) is 12.2 Å². The molecule has 0 radical (unpaired) electrons. The molecule has 2 rings (SSSR count). The van der Waals surface area contributed by atoms with Crippen molar-refractivity contribution in [2.45, 2.75) is 64.9 Å². The zero-order chi connectivity index (χ0) is 21.7. The van der Waals surface area contributed by atoms with E-state index in [1.807, 2.05) is 45.0 Å². The van der Waals surface area contributed by atoms with Gasteiger partial charge in [0, 0.05) is 15.4 Å². The van der Waals surface area contributed by atoms with E-state index in [-0.39, 0.29) is 5.97 Å². The van der Waals surface area contributed by atoms with Crippen LogP contribution in [-0.4, -0.2) is 23.3 Å². The topological polar surface area (TPSA) is 46.5 Å². The SMILES string of the molecule is CC(C)(O)CCCc1cccc(Br)c1.CCOC(=O)CCCc1cccc(Br)c1. The van der Waals surface area contributed by atoms with Crippen molar-refractivity contribution in [3.8, 4) is 0 Å². The molecule has 0 aliphatic rings. The van der Waals surface area contributed by atoms with E-state index in [9.17, 15) is 9.90 Å². The maximum atomic E-state index is 11.1. The number of esters is 1. The van der Waals surface area contributed by atoms with Crippen LogP contribution in [0.5, 0.6) is 0 Å². The second-order valence-electron chi connectivity index (χ2n) is 7.58. The van der Waals surface area contributed by atoms with E-state index in [0.29, 0.717) is 13.0 Å². The van der Waals surface area contributed by atoms with Crippen molar-refractivity contribution in [3.05, 3.63) is 68.6 Å². The van der Waals surface area contributed by atoms with Crippen molar-refractivity contribution in [3.63, 3.8) is 0 Å². The Kier molecular flexibility index (Phi) is 12.4. The fourth-order valence-electron chi connectivity index (χ4n) is 2.78. The zero-order valence-corrected chi connectivity index (χ0v) is 20.8. The number of carbonyl (C=O) groups excluding carboxylic acids is 1.